The molecule has 0 aromatic carbocycles. The van der Waals surface area contributed by atoms with E-state index in [4.69, 9.17) is 5.73 Å². The van der Waals surface area contributed by atoms with Crippen LogP contribution in [0.5, 0.6) is 0 Å². The Morgan fingerprint density at radius 3 is 2.58 bits per heavy atom. The average molecular weight is 171 g/mol. The van der Waals surface area contributed by atoms with Crippen LogP contribution in [0.1, 0.15) is 25.7 Å². The molecule has 70 valence electrons. The lowest BCUT2D eigenvalue weighted by atomic mass is 10.2. The van der Waals surface area contributed by atoms with E-state index >= 15 is 0 Å². The standard InChI is InChI=1S/C8H17N3O/c9-5-4-8(12)10-11-6-2-1-3-7-11/h1-7,9H2,(H,10,12). The van der Waals surface area contributed by atoms with E-state index in [1.54, 1.807) is 0 Å². The highest BCUT2D eigenvalue weighted by atomic mass is 16.2. The van der Waals surface area contributed by atoms with Crippen LogP contribution >= 0.6 is 0 Å². The number of hydrazine groups is 1. The number of nitrogens with zero attached hydrogens (tertiary/aromatic N) is 1. The maximum atomic E-state index is 11.1. The van der Waals surface area contributed by atoms with Crippen molar-refractivity contribution in [3.8, 4) is 0 Å². The van der Waals surface area contributed by atoms with Gasteiger partial charge in [0.05, 0.1) is 0 Å². The minimum absolute atomic E-state index is 0.0411. The topological polar surface area (TPSA) is 58.4 Å². The third kappa shape index (κ3) is 3.19. The van der Waals surface area contributed by atoms with Crippen LogP contribution in [0.3, 0.4) is 0 Å². The second-order valence-corrected chi connectivity index (χ2v) is 3.12. The van der Waals surface area contributed by atoms with Gasteiger partial charge in [0, 0.05) is 26.1 Å². The summed E-state index contributed by atoms with van der Waals surface area (Å²) >= 11 is 0. The number of hydrogen-bond acceptors (Lipinski definition) is 3. The first-order chi connectivity index (χ1) is 5.83. The van der Waals surface area contributed by atoms with Gasteiger partial charge in [0.25, 0.3) is 0 Å². The van der Waals surface area contributed by atoms with Crippen molar-refractivity contribution in [2.24, 2.45) is 5.73 Å². The first-order valence-electron chi connectivity index (χ1n) is 4.57. The number of carbonyl (C=O) groups is 1. The summed E-state index contributed by atoms with van der Waals surface area (Å²) in [4.78, 5) is 11.1. The zero-order valence-electron chi connectivity index (χ0n) is 7.38. The van der Waals surface area contributed by atoms with Gasteiger partial charge in [-0.1, -0.05) is 6.42 Å². The summed E-state index contributed by atoms with van der Waals surface area (Å²) in [5.41, 5.74) is 8.09. The van der Waals surface area contributed by atoms with E-state index in [9.17, 15) is 4.79 Å². The van der Waals surface area contributed by atoms with E-state index in [1.807, 2.05) is 5.01 Å². The predicted molar refractivity (Wildman–Crippen MR) is 47.2 cm³/mol. The fraction of sp³-hybridized carbons (Fsp3) is 0.875. The molecule has 0 bridgehead atoms. The third-order valence-electron chi connectivity index (χ3n) is 2.01. The van der Waals surface area contributed by atoms with E-state index in [1.165, 1.54) is 19.3 Å². The summed E-state index contributed by atoms with van der Waals surface area (Å²) in [6.45, 7) is 2.40. The predicted octanol–water partition coefficient (Wildman–Crippen LogP) is -0.148. The highest BCUT2D eigenvalue weighted by Gasteiger charge is 2.11. The summed E-state index contributed by atoms with van der Waals surface area (Å²) in [5, 5.41) is 1.99. The van der Waals surface area contributed by atoms with Gasteiger partial charge in [-0.25, -0.2) is 5.01 Å². The maximum Gasteiger partial charge on any atom is 0.235 e. The van der Waals surface area contributed by atoms with Crippen molar-refractivity contribution in [3.63, 3.8) is 0 Å². The highest BCUT2D eigenvalue weighted by molar-refractivity contribution is 5.75. The van der Waals surface area contributed by atoms with Crippen LogP contribution < -0.4 is 11.2 Å². The number of amides is 1. The van der Waals surface area contributed by atoms with Crippen LogP contribution in [0.2, 0.25) is 0 Å². The minimum Gasteiger partial charge on any atom is -0.330 e. The summed E-state index contributed by atoms with van der Waals surface area (Å²) in [6, 6.07) is 0. The minimum atomic E-state index is 0.0411. The molecule has 0 spiro atoms. The first kappa shape index (κ1) is 9.48. The smallest absolute Gasteiger partial charge is 0.235 e. The zero-order valence-corrected chi connectivity index (χ0v) is 7.38. The van der Waals surface area contributed by atoms with E-state index in [2.05, 4.69) is 5.43 Å². The average Bonchev–Trinajstić information content (AvgIpc) is 2.06. The molecule has 0 aromatic heterocycles. The van der Waals surface area contributed by atoms with Gasteiger partial charge in [0.15, 0.2) is 0 Å². The van der Waals surface area contributed by atoms with Gasteiger partial charge in [-0.3, -0.25) is 10.2 Å². The number of hydrogen-bond donors (Lipinski definition) is 2. The molecule has 1 aliphatic rings. The fourth-order valence-electron chi connectivity index (χ4n) is 1.37. The molecule has 0 saturated carbocycles. The lowest BCUT2D eigenvalue weighted by Gasteiger charge is -2.26. The summed E-state index contributed by atoms with van der Waals surface area (Å²) < 4.78 is 0. The molecule has 1 heterocycles. The molecule has 4 nitrogen and oxygen atoms in total. The van der Waals surface area contributed by atoms with Gasteiger partial charge in [-0.05, 0) is 12.8 Å². The quantitative estimate of drug-likeness (QED) is 0.621. The van der Waals surface area contributed by atoms with Crippen LogP contribution in [0.4, 0.5) is 0 Å². The van der Waals surface area contributed by atoms with E-state index < -0.39 is 0 Å². The number of carbonyl (C=O) groups excluding carboxylic acids is 1. The second kappa shape index (κ2) is 5.11. The molecule has 4 heteroatoms. The van der Waals surface area contributed by atoms with Gasteiger partial charge in [0.2, 0.25) is 5.91 Å². The summed E-state index contributed by atoms with van der Waals surface area (Å²) in [6.07, 6.45) is 4.07. The van der Waals surface area contributed by atoms with Crippen molar-refractivity contribution >= 4 is 5.91 Å². The van der Waals surface area contributed by atoms with Crippen LogP contribution in [0.25, 0.3) is 0 Å². The SMILES string of the molecule is NCCC(=O)NN1CCCCC1. The molecule has 0 aliphatic carbocycles. The number of piperidine rings is 1. The Kier molecular flexibility index (Phi) is 4.04. The van der Waals surface area contributed by atoms with Crippen molar-refractivity contribution in [2.45, 2.75) is 25.7 Å². The van der Waals surface area contributed by atoms with Crippen molar-refractivity contribution in [1.29, 1.82) is 0 Å². The molecule has 1 saturated heterocycles. The maximum absolute atomic E-state index is 11.1. The lowest BCUT2D eigenvalue weighted by Crippen LogP contribution is -2.45. The molecule has 1 aliphatic heterocycles. The highest BCUT2D eigenvalue weighted by Crippen LogP contribution is 2.05. The molecule has 0 aromatic rings. The Labute approximate surface area is 73.1 Å². The van der Waals surface area contributed by atoms with Crippen LogP contribution in [0, 0.1) is 0 Å². The monoisotopic (exact) mass is 171 g/mol. The first-order valence-corrected chi connectivity index (χ1v) is 4.57. The van der Waals surface area contributed by atoms with Gasteiger partial charge >= 0.3 is 0 Å². The normalized spacial score (nSPS) is 19.1. The fourth-order valence-corrected chi connectivity index (χ4v) is 1.37. The Morgan fingerprint density at radius 1 is 1.33 bits per heavy atom. The van der Waals surface area contributed by atoms with Crippen LogP contribution in [-0.2, 0) is 4.79 Å². The van der Waals surface area contributed by atoms with Crippen molar-refractivity contribution in [3.05, 3.63) is 0 Å². The molecule has 1 fully saturated rings. The van der Waals surface area contributed by atoms with Crippen molar-refractivity contribution in [2.75, 3.05) is 19.6 Å². The Hall–Kier alpha value is -0.610. The van der Waals surface area contributed by atoms with Gasteiger partial charge in [-0.15, -0.1) is 0 Å². The van der Waals surface area contributed by atoms with Gasteiger partial charge in [-0.2, -0.15) is 0 Å². The van der Waals surface area contributed by atoms with E-state index in [0.29, 0.717) is 13.0 Å². The molecular formula is C8H17N3O. The molecule has 12 heavy (non-hydrogen) atoms. The van der Waals surface area contributed by atoms with E-state index in [0.717, 1.165) is 13.1 Å². The molecule has 1 rings (SSSR count). The zero-order chi connectivity index (χ0) is 8.81. The molecule has 0 radical (unpaired) electrons. The van der Waals surface area contributed by atoms with Gasteiger partial charge in [0.1, 0.15) is 0 Å². The number of rotatable bonds is 3. The Morgan fingerprint density at radius 2 is 2.00 bits per heavy atom. The van der Waals surface area contributed by atoms with Gasteiger partial charge < -0.3 is 5.73 Å². The molecule has 0 unspecified atom stereocenters. The molecule has 3 N–H and O–H groups in total. The summed E-state index contributed by atoms with van der Waals surface area (Å²) in [5.74, 6) is 0.0411. The summed E-state index contributed by atoms with van der Waals surface area (Å²) in [7, 11) is 0. The molecule has 1 amide bonds. The number of nitrogens with one attached hydrogen (secondary N) is 1. The number of nitrogens with two attached hydrogens (primary N) is 1. The van der Waals surface area contributed by atoms with Crippen LogP contribution in [0.15, 0.2) is 0 Å². The largest absolute Gasteiger partial charge is 0.330 e. The van der Waals surface area contributed by atoms with Crippen molar-refractivity contribution < 1.29 is 4.79 Å². The molecule has 0 atom stereocenters. The molecular weight excluding hydrogens is 154 g/mol. The van der Waals surface area contributed by atoms with Crippen molar-refractivity contribution in [1.82, 2.24) is 10.4 Å². The Bertz CT molecular complexity index is 143. The Balaban J connectivity index is 2.15. The van der Waals surface area contributed by atoms with E-state index in [-0.39, 0.29) is 5.91 Å². The van der Waals surface area contributed by atoms with Crippen LogP contribution in [-0.4, -0.2) is 30.6 Å². The lowest BCUT2D eigenvalue weighted by molar-refractivity contribution is -0.126. The third-order valence-corrected chi connectivity index (χ3v) is 2.01. The second-order valence-electron chi connectivity index (χ2n) is 3.12.